The summed E-state index contributed by atoms with van der Waals surface area (Å²) >= 11 is 0. The van der Waals surface area contributed by atoms with E-state index in [0.29, 0.717) is 12.2 Å². The third-order valence-corrected chi connectivity index (χ3v) is 6.26. The molecule has 1 aromatic heterocycles. The smallest absolute Gasteiger partial charge is 0.328 e. The Labute approximate surface area is 222 Å². The third kappa shape index (κ3) is 8.14. The number of rotatable bonds is 10. The molecule has 0 aliphatic carbocycles. The summed E-state index contributed by atoms with van der Waals surface area (Å²) in [5.41, 5.74) is 2.87. The molecule has 2 heterocycles. The topological polar surface area (TPSA) is 116 Å². The Bertz CT molecular complexity index is 1270. The molecular weight excluding hydrogens is 484 g/mol. The molecule has 2 N–H and O–H groups in total. The summed E-state index contributed by atoms with van der Waals surface area (Å²) in [6.45, 7) is 7.23. The minimum atomic E-state index is -1.26. The highest BCUT2D eigenvalue weighted by atomic mass is 16.5. The maximum atomic E-state index is 9.55. The lowest BCUT2D eigenvalue weighted by Gasteiger charge is -2.29. The zero-order valence-corrected chi connectivity index (χ0v) is 21.8. The zero-order chi connectivity index (χ0) is 27.3. The number of aliphatic carboxylic acids is 2. The summed E-state index contributed by atoms with van der Waals surface area (Å²) in [6.07, 6.45) is 9.05. The minimum absolute atomic E-state index is 0.558. The van der Waals surface area contributed by atoms with Crippen LogP contribution in [-0.2, 0) is 9.59 Å². The molecule has 4 rings (SSSR count). The van der Waals surface area contributed by atoms with Gasteiger partial charge in [0.1, 0.15) is 6.33 Å². The fourth-order valence-corrected chi connectivity index (χ4v) is 4.40. The van der Waals surface area contributed by atoms with E-state index in [0.717, 1.165) is 57.1 Å². The third-order valence-electron chi connectivity index (χ3n) is 6.26. The van der Waals surface area contributed by atoms with Gasteiger partial charge in [-0.2, -0.15) is 0 Å². The maximum absolute atomic E-state index is 9.55. The van der Waals surface area contributed by atoms with Crippen molar-refractivity contribution >= 4 is 34.1 Å². The molecule has 0 spiro atoms. The second kappa shape index (κ2) is 14.5. The largest absolute Gasteiger partial charge is 0.491 e. The molecule has 0 radical (unpaired) electrons. The van der Waals surface area contributed by atoms with Gasteiger partial charge < -0.3 is 19.8 Å². The number of carboxylic acids is 2. The average Bonchev–Trinajstić information content (AvgIpc) is 2.95. The van der Waals surface area contributed by atoms with Crippen molar-refractivity contribution in [3.05, 3.63) is 78.8 Å². The van der Waals surface area contributed by atoms with Crippen molar-refractivity contribution in [2.24, 2.45) is 0 Å². The van der Waals surface area contributed by atoms with E-state index in [2.05, 4.69) is 75.2 Å². The van der Waals surface area contributed by atoms with Gasteiger partial charge in [-0.15, -0.1) is 0 Å². The van der Waals surface area contributed by atoms with Crippen LogP contribution in [-0.4, -0.2) is 76.9 Å². The first-order valence-corrected chi connectivity index (χ1v) is 12.5. The lowest BCUT2D eigenvalue weighted by Crippen LogP contribution is -2.33. The van der Waals surface area contributed by atoms with Crippen LogP contribution in [0.2, 0.25) is 0 Å². The maximum Gasteiger partial charge on any atom is 0.328 e. The number of hydrogen-bond acceptors (Lipinski definition) is 7. The van der Waals surface area contributed by atoms with E-state index in [-0.39, 0.29) is 0 Å². The van der Waals surface area contributed by atoms with Gasteiger partial charge in [-0.25, -0.2) is 19.6 Å². The Morgan fingerprint density at radius 2 is 1.84 bits per heavy atom. The first kappa shape index (κ1) is 28.3. The van der Waals surface area contributed by atoms with Crippen LogP contribution in [0.4, 0.5) is 5.82 Å². The number of aromatic nitrogens is 2. The van der Waals surface area contributed by atoms with Gasteiger partial charge in [-0.1, -0.05) is 48.5 Å². The van der Waals surface area contributed by atoms with Gasteiger partial charge in [0.15, 0.2) is 11.6 Å². The summed E-state index contributed by atoms with van der Waals surface area (Å²) in [5.74, 6) is -0.897. The van der Waals surface area contributed by atoms with Crippen LogP contribution in [0, 0.1) is 0 Å². The molecule has 1 aliphatic heterocycles. The Morgan fingerprint density at radius 1 is 1.11 bits per heavy atom. The quantitative estimate of drug-likeness (QED) is 0.378. The monoisotopic (exact) mass is 518 g/mol. The fourth-order valence-electron chi connectivity index (χ4n) is 4.40. The molecule has 0 fully saturated rings. The number of carbonyl (C=O) groups is 2. The molecule has 1 aliphatic rings. The zero-order valence-electron chi connectivity index (χ0n) is 21.8. The van der Waals surface area contributed by atoms with Gasteiger partial charge in [-0.05, 0) is 41.7 Å². The predicted molar refractivity (Wildman–Crippen MR) is 148 cm³/mol. The normalized spacial score (nSPS) is 13.5. The lowest BCUT2D eigenvalue weighted by atomic mass is 9.94. The summed E-state index contributed by atoms with van der Waals surface area (Å²) < 4.78 is 5.42. The second-order valence-corrected chi connectivity index (χ2v) is 8.66. The van der Waals surface area contributed by atoms with Crippen molar-refractivity contribution < 1.29 is 24.5 Å². The van der Waals surface area contributed by atoms with E-state index < -0.39 is 11.9 Å². The summed E-state index contributed by atoms with van der Waals surface area (Å²) in [7, 11) is 1.67. The van der Waals surface area contributed by atoms with Gasteiger partial charge >= 0.3 is 11.9 Å². The summed E-state index contributed by atoms with van der Waals surface area (Å²) in [6, 6.07) is 15.3. The molecule has 0 saturated carbocycles. The number of fused-ring (bicyclic) bond motifs is 1. The van der Waals surface area contributed by atoms with Crippen LogP contribution in [0.25, 0.3) is 16.3 Å². The van der Waals surface area contributed by atoms with Gasteiger partial charge in [0.05, 0.1) is 13.3 Å². The first-order chi connectivity index (χ1) is 18.4. The fraction of sp³-hybridized carbons (Fsp3) is 0.310. The van der Waals surface area contributed by atoms with Crippen LogP contribution in [0.3, 0.4) is 0 Å². The first-order valence-electron chi connectivity index (χ1n) is 12.5. The molecular formula is C29H34N4O5. The number of ether oxygens (including phenoxy) is 1. The van der Waals surface area contributed by atoms with Crippen molar-refractivity contribution in [1.82, 2.24) is 14.9 Å². The molecule has 9 nitrogen and oxygen atoms in total. The Morgan fingerprint density at radius 3 is 2.50 bits per heavy atom. The molecule has 38 heavy (non-hydrogen) atoms. The standard InChI is InChI=1S/C25H30N4O.C4H4O4/c1-3-29(25-24(30-2)18-26-19-27-25)15-7-14-28-16-12-21(13-17-28)23-11-6-9-20-8-4-5-10-22(20)23;5-3(6)1-2-4(7)8/h4-6,8-12,18-19H,3,7,13-17H2,1-2H3;1-2H,(H,5,6)(H,7,8). The molecule has 0 atom stereocenters. The SMILES string of the molecule is CCN(CCCN1CC=C(c2cccc3ccccc23)CC1)c1ncncc1OC.O=C(O)C=CC(=O)O. The Balaban J connectivity index is 0.000000436. The van der Waals surface area contributed by atoms with E-state index in [1.165, 1.54) is 21.9 Å². The number of nitrogens with zero attached hydrogens (tertiary/aromatic N) is 4. The molecule has 0 saturated heterocycles. The highest BCUT2D eigenvalue weighted by Crippen LogP contribution is 2.29. The number of carboxylic acid groups (broad SMARTS) is 2. The minimum Gasteiger partial charge on any atom is -0.491 e. The molecule has 0 unspecified atom stereocenters. The van der Waals surface area contributed by atoms with Crippen LogP contribution >= 0.6 is 0 Å². The Hall–Kier alpha value is -4.24. The van der Waals surface area contributed by atoms with Crippen LogP contribution in [0.1, 0.15) is 25.3 Å². The molecule has 3 aromatic rings. The molecule has 9 heteroatoms. The number of anilines is 1. The van der Waals surface area contributed by atoms with Gasteiger partial charge in [-0.3, -0.25) is 4.90 Å². The number of benzene rings is 2. The van der Waals surface area contributed by atoms with Crippen molar-refractivity contribution in [1.29, 1.82) is 0 Å². The van der Waals surface area contributed by atoms with Gasteiger partial charge in [0.2, 0.25) is 0 Å². The molecule has 200 valence electrons. The number of methoxy groups -OCH3 is 1. The van der Waals surface area contributed by atoms with Crippen LogP contribution in [0.15, 0.2) is 73.2 Å². The van der Waals surface area contributed by atoms with Gasteiger partial charge in [0.25, 0.3) is 0 Å². The van der Waals surface area contributed by atoms with Crippen LogP contribution in [0.5, 0.6) is 5.75 Å². The lowest BCUT2D eigenvalue weighted by molar-refractivity contribution is -0.134. The van der Waals surface area contributed by atoms with Gasteiger partial charge in [0, 0.05) is 44.9 Å². The molecule has 2 aromatic carbocycles. The van der Waals surface area contributed by atoms with Crippen molar-refractivity contribution in [3.63, 3.8) is 0 Å². The highest BCUT2D eigenvalue weighted by Gasteiger charge is 2.16. The van der Waals surface area contributed by atoms with E-state index in [9.17, 15) is 9.59 Å². The van der Waals surface area contributed by atoms with Crippen molar-refractivity contribution in [2.75, 3.05) is 44.7 Å². The predicted octanol–water partition coefficient (Wildman–Crippen LogP) is 4.36. The highest BCUT2D eigenvalue weighted by molar-refractivity contribution is 5.94. The number of hydrogen-bond donors (Lipinski definition) is 2. The molecule has 0 amide bonds. The van der Waals surface area contributed by atoms with E-state index >= 15 is 0 Å². The summed E-state index contributed by atoms with van der Waals surface area (Å²) in [4.78, 5) is 32.4. The molecule has 0 bridgehead atoms. The van der Waals surface area contributed by atoms with Crippen molar-refractivity contribution in [2.45, 2.75) is 19.8 Å². The van der Waals surface area contributed by atoms with E-state index in [1.807, 2.05) is 0 Å². The van der Waals surface area contributed by atoms with E-state index in [4.69, 9.17) is 14.9 Å². The second-order valence-electron chi connectivity index (χ2n) is 8.66. The Kier molecular flexibility index (Phi) is 10.8. The van der Waals surface area contributed by atoms with E-state index in [1.54, 1.807) is 19.6 Å². The average molecular weight is 519 g/mol. The van der Waals surface area contributed by atoms with Crippen LogP contribution < -0.4 is 9.64 Å². The van der Waals surface area contributed by atoms with Crippen molar-refractivity contribution in [3.8, 4) is 5.75 Å². The summed E-state index contributed by atoms with van der Waals surface area (Å²) in [5, 5.41) is 18.3.